The molecule has 1 heterocycles. The molecule has 0 spiro atoms. The second-order valence-corrected chi connectivity index (χ2v) is 5.66. The maximum atomic E-state index is 2.44. The van der Waals surface area contributed by atoms with Crippen LogP contribution in [0.25, 0.3) is 0 Å². The number of aryl methyl sites for hydroxylation is 1. The number of thiophene rings is 1. The standard InChI is InChI=1S/C11H14S/c1-7-4-10-9-3-2-8(5-9)6-11(10)12-7/h4,8-9H,2-3,5-6H2,1H3. The third kappa shape index (κ3) is 0.891. The van der Waals surface area contributed by atoms with Crippen LogP contribution >= 0.6 is 11.3 Å². The van der Waals surface area contributed by atoms with Gasteiger partial charge in [-0.2, -0.15) is 0 Å². The van der Waals surface area contributed by atoms with Gasteiger partial charge in [0.25, 0.3) is 0 Å². The summed E-state index contributed by atoms with van der Waals surface area (Å²) in [5.74, 6) is 1.99. The Bertz CT molecular complexity index is 311. The predicted octanol–water partition coefficient (Wildman–Crippen LogP) is 3.50. The van der Waals surface area contributed by atoms with Crippen LogP contribution in [0.1, 0.15) is 40.5 Å². The second kappa shape index (κ2) is 2.35. The van der Waals surface area contributed by atoms with Gasteiger partial charge in [-0.3, -0.25) is 0 Å². The summed E-state index contributed by atoms with van der Waals surface area (Å²) < 4.78 is 0. The lowest BCUT2D eigenvalue weighted by Gasteiger charge is -2.18. The van der Waals surface area contributed by atoms with E-state index in [1.54, 1.807) is 10.4 Å². The molecule has 0 saturated heterocycles. The third-order valence-electron chi connectivity index (χ3n) is 3.42. The van der Waals surface area contributed by atoms with Crippen LogP contribution in [-0.4, -0.2) is 0 Å². The zero-order valence-electron chi connectivity index (χ0n) is 7.47. The zero-order chi connectivity index (χ0) is 8.13. The van der Waals surface area contributed by atoms with Crippen LogP contribution in [0.5, 0.6) is 0 Å². The smallest absolute Gasteiger partial charge is 0.00856 e. The van der Waals surface area contributed by atoms with Crippen molar-refractivity contribution in [1.29, 1.82) is 0 Å². The quantitative estimate of drug-likeness (QED) is 0.570. The lowest BCUT2D eigenvalue weighted by Crippen LogP contribution is -2.06. The molecule has 2 atom stereocenters. The van der Waals surface area contributed by atoms with Gasteiger partial charge in [0.2, 0.25) is 0 Å². The Morgan fingerprint density at radius 3 is 3.25 bits per heavy atom. The Balaban J connectivity index is 2.11. The van der Waals surface area contributed by atoms with E-state index >= 15 is 0 Å². The second-order valence-electron chi connectivity index (χ2n) is 4.32. The lowest BCUT2D eigenvalue weighted by molar-refractivity contribution is 0.517. The fourth-order valence-corrected chi connectivity index (χ4v) is 4.13. The highest BCUT2D eigenvalue weighted by molar-refractivity contribution is 7.12. The molecular formula is C11H14S. The first-order valence-electron chi connectivity index (χ1n) is 4.92. The fraction of sp³-hybridized carbons (Fsp3) is 0.636. The van der Waals surface area contributed by atoms with Gasteiger partial charge in [0.05, 0.1) is 0 Å². The summed E-state index contributed by atoms with van der Waals surface area (Å²) in [6.45, 7) is 2.25. The molecule has 2 aliphatic carbocycles. The van der Waals surface area contributed by atoms with Crippen LogP contribution in [-0.2, 0) is 6.42 Å². The van der Waals surface area contributed by atoms with Crippen LogP contribution < -0.4 is 0 Å². The average molecular weight is 178 g/mol. The molecule has 1 fully saturated rings. The van der Waals surface area contributed by atoms with Crippen molar-refractivity contribution in [3.63, 3.8) is 0 Å². The Labute approximate surface area is 77.6 Å². The summed E-state index contributed by atoms with van der Waals surface area (Å²) >= 11 is 2.04. The molecule has 1 aromatic heterocycles. The van der Waals surface area contributed by atoms with Gasteiger partial charge in [0.15, 0.2) is 0 Å². The normalized spacial score (nSPS) is 32.1. The molecule has 0 radical (unpaired) electrons. The summed E-state index contributed by atoms with van der Waals surface area (Å²) in [5.41, 5.74) is 1.71. The van der Waals surface area contributed by atoms with Gasteiger partial charge in [0, 0.05) is 9.75 Å². The van der Waals surface area contributed by atoms with Crippen LogP contribution in [0, 0.1) is 12.8 Å². The molecule has 0 nitrogen and oxygen atoms in total. The van der Waals surface area contributed by atoms with E-state index in [4.69, 9.17) is 0 Å². The topological polar surface area (TPSA) is 0 Å². The molecule has 1 saturated carbocycles. The maximum absolute atomic E-state index is 2.44. The average Bonchev–Trinajstić information content (AvgIpc) is 2.57. The summed E-state index contributed by atoms with van der Waals surface area (Å²) in [6.07, 6.45) is 5.84. The van der Waals surface area contributed by atoms with E-state index in [1.165, 1.54) is 30.6 Å². The monoisotopic (exact) mass is 178 g/mol. The highest BCUT2D eigenvalue weighted by Crippen LogP contribution is 2.48. The number of hydrogen-bond acceptors (Lipinski definition) is 1. The van der Waals surface area contributed by atoms with Gasteiger partial charge >= 0.3 is 0 Å². The highest BCUT2D eigenvalue weighted by atomic mass is 32.1. The van der Waals surface area contributed by atoms with Crippen molar-refractivity contribution in [2.75, 3.05) is 0 Å². The van der Waals surface area contributed by atoms with Gasteiger partial charge in [-0.15, -0.1) is 11.3 Å². The van der Waals surface area contributed by atoms with Crippen molar-refractivity contribution in [3.05, 3.63) is 21.4 Å². The summed E-state index contributed by atoms with van der Waals surface area (Å²) in [5, 5.41) is 0. The van der Waals surface area contributed by atoms with Crippen LogP contribution in [0.15, 0.2) is 6.07 Å². The van der Waals surface area contributed by atoms with Crippen LogP contribution in [0.3, 0.4) is 0 Å². The number of fused-ring (bicyclic) bond motifs is 4. The van der Waals surface area contributed by atoms with Crippen molar-refractivity contribution in [2.45, 2.75) is 38.5 Å². The first-order chi connectivity index (χ1) is 5.83. The molecule has 1 aromatic rings. The van der Waals surface area contributed by atoms with E-state index in [0.717, 1.165) is 11.8 Å². The minimum atomic E-state index is 0.948. The molecule has 2 bridgehead atoms. The van der Waals surface area contributed by atoms with Crippen molar-refractivity contribution >= 4 is 11.3 Å². The number of hydrogen-bond donors (Lipinski definition) is 0. The van der Waals surface area contributed by atoms with Crippen LogP contribution in [0.4, 0.5) is 0 Å². The molecule has 12 heavy (non-hydrogen) atoms. The summed E-state index contributed by atoms with van der Waals surface area (Å²) in [6, 6.07) is 2.44. The third-order valence-corrected chi connectivity index (χ3v) is 4.51. The van der Waals surface area contributed by atoms with Gasteiger partial charge in [-0.1, -0.05) is 0 Å². The van der Waals surface area contributed by atoms with Crippen molar-refractivity contribution in [3.8, 4) is 0 Å². The van der Waals surface area contributed by atoms with E-state index in [1.807, 2.05) is 11.3 Å². The first-order valence-corrected chi connectivity index (χ1v) is 5.74. The van der Waals surface area contributed by atoms with Crippen molar-refractivity contribution in [2.24, 2.45) is 5.92 Å². The minimum Gasteiger partial charge on any atom is -0.145 e. The van der Waals surface area contributed by atoms with Gasteiger partial charge in [-0.25, -0.2) is 0 Å². The van der Waals surface area contributed by atoms with E-state index < -0.39 is 0 Å². The molecule has 64 valence electrons. The lowest BCUT2D eigenvalue weighted by atomic mass is 9.88. The molecule has 3 rings (SSSR count). The predicted molar refractivity (Wildman–Crippen MR) is 52.8 cm³/mol. The molecular weight excluding hydrogens is 164 g/mol. The molecule has 0 aromatic carbocycles. The fourth-order valence-electron chi connectivity index (χ4n) is 2.89. The van der Waals surface area contributed by atoms with E-state index in [0.29, 0.717) is 0 Å². The molecule has 2 aliphatic rings. The SMILES string of the molecule is Cc1cc2c(s1)CC1CCC2C1. The molecule has 0 amide bonds. The van der Waals surface area contributed by atoms with E-state index in [-0.39, 0.29) is 0 Å². The molecule has 0 N–H and O–H groups in total. The van der Waals surface area contributed by atoms with Crippen molar-refractivity contribution < 1.29 is 0 Å². The summed E-state index contributed by atoms with van der Waals surface area (Å²) in [4.78, 5) is 3.24. The molecule has 0 aliphatic heterocycles. The largest absolute Gasteiger partial charge is 0.145 e. The van der Waals surface area contributed by atoms with Crippen molar-refractivity contribution in [1.82, 2.24) is 0 Å². The Morgan fingerprint density at radius 2 is 2.33 bits per heavy atom. The molecule has 1 heteroatoms. The Morgan fingerprint density at radius 1 is 1.42 bits per heavy atom. The van der Waals surface area contributed by atoms with Crippen LogP contribution in [0.2, 0.25) is 0 Å². The van der Waals surface area contributed by atoms with Gasteiger partial charge < -0.3 is 0 Å². The van der Waals surface area contributed by atoms with E-state index in [2.05, 4.69) is 13.0 Å². The van der Waals surface area contributed by atoms with Gasteiger partial charge in [-0.05, 0) is 56.1 Å². The maximum Gasteiger partial charge on any atom is 0.00856 e. The highest BCUT2D eigenvalue weighted by Gasteiger charge is 2.33. The summed E-state index contributed by atoms with van der Waals surface area (Å²) in [7, 11) is 0. The minimum absolute atomic E-state index is 0.948. The number of rotatable bonds is 0. The first kappa shape index (κ1) is 7.14. The molecule has 2 unspecified atom stereocenters. The Kier molecular flexibility index (Phi) is 1.40. The Hall–Kier alpha value is -0.300. The van der Waals surface area contributed by atoms with Gasteiger partial charge in [0.1, 0.15) is 0 Å². The zero-order valence-corrected chi connectivity index (χ0v) is 8.29. The van der Waals surface area contributed by atoms with E-state index in [9.17, 15) is 0 Å².